The maximum Gasteiger partial charge on any atom is 0.319 e. The number of anilines is 1. The molecule has 10 heteroatoms. The molecule has 2 aliphatic rings. The van der Waals surface area contributed by atoms with E-state index in [1.807, 2.05) is 30.5 Å². The first-order chi connectivity index (χ1) is 20.4. The second-order valence-corrected chi connectivity index (χ2v) is 11.4. The first kappa shape index (κ1) is 26.7. The molecule has 0 saturated carbocycles. The van der Waals surface area contributed by atoms with Crippen LogP contribution in [0.25, 0.3) is 38.9 Å². The molecule has 214 valence electrons. The fourth-order valence-electron chi connectivity index (χ4n) is 6.22. The number of ether oxygens (including phenoxy) is 1. The summed E-state index contributed by atoms with van der Waals surface area (Å²) in [4.78, 5) is 18.3. The number of imidazole rings is 1. The predicted molar refractivity (Wildman–Crippen MR) is 164 cm³/mol. The van der Waals surface area contributed by atoms with Gasteiger partial charge in [0.25, 0.3) is 0 Å². The summed E-state index contributed by atoms with van der Waals surface area (Å²) in [6, 6.07) is 12.6. The minimum Gasteiger partial charge on any atom is -0.508 e. The Bertz CT molecular complexity index is 1860. The first-order valence-electron chi connectivity index (χ1n) is 14.1. The molecule has 0 bridgehead atoms. The number of nitrogens with zero attached hydrogens (tertiary/aromatic N) is 6. The van der Waals surface area contributed by atoms with Gasteiger partial charge in [-0.25, -0.2) is 9.37 Å². The molecule has 1 saturated heterocycles. The lowest BCUT2D eigenvalue weighted by atomic mass is 9.96. The predicted octanol–water partition coefficient (Wildman–Crippen LogP) is 6.28. The van der Waals surface area contributed by atoms with Gasteiger partial charge in [-0.2, -0.15) is 9.97 Å². The minimum absolute atomic E-state index is 0.0249. The number of piperidine rings is 1. The number of hydrogen-bond acceptors (Lipinski definition) is 7. The van der Waals surface area contributed by atoms with Gasteiger partial charge < -0.3 is 24.2 Å². The molecule has 7 rings (SSSR count). The van der Waals surface area contributed by atoms with Crippen LogP contribution in [0.3, 0.4) is 0 Å². The molecular formula is C32H30ClFN6O2. The van der Waals surface area contributed by atoms with Gasteiger partial charge in [-0.05, 0) is 67.0 Å². The van der Waals surface area contributed by atoms with Crippen molar-refractivity contribution in [2.75, 3.05) is 31.6 Å². The Balaban J connectivity index is 1.40. The lowest BCUT2D eigenvalue weighted by Crippen LogP contribution is -2.39. The number of benzene rings is 3. The van der Waals surface area contributed by atoms with Gasteiger partial charge in [0.1, 0.15) is 29.0 Å². The normalized spacial score (nSPS) is 17.5. The largest absolute Gasteiger partial charge is 0.508 e. The van der Waals surface area contributed by atoms with Crippen LogP contribution in [0.5, 0.6) is 11.8 Å². The average Bonchev–Trinajstić information content (AvgIpc) is 3.39. The van der Waals surface area contributed by atoms with E-state index >= 15 is 4.39 Å². The van der Waals surface area contributed by atoms with Crippen LogP contribution in [0.1, 0.15) is 24.4 Å². The molecule has 2 aliphatic heterocycles. The third kappa shape index (κ3) is 4.62. The van der Waals surface area contributed by atoms with E-state index in [0.717, 1.165) is 48.2 Å². The molecule has 1 atom stereocenters. The van der Waals surface area contributed by atoms with Crippen LogP contribution in [-0.4, -0.2) is 62.3 Å². The quantitative estimate of drug-likeness (QED) is 0.260. The van der Waals surface area contributed by atoms with Gasteiger partial charge >= 0.3 is 6.01 Å². The van der Waals surface area contributed by atoms with E-state index in [1.165, 1.54) is 0 Å². The van der Waals surface area contributed by atoms with Crippen LogP contribution in [0.2, 0.25) is 5.02 Å². The second kappa shape index (κ2) is 10.6. The van der Waals surface area contributed by atoms with Crippen molar-refractivity contribution in [3.8, 4) is 22.9 Å². The van der Waals surface area contributed by atoms with Crippen molar-refractivity contribution in [1.29, 1.82) is 0 Å². The molecule has 2 aromatic heterocycles. The summed E-state index contributed by atoms with van der Waals surface area (Å²) in [7, 11) is 2.06. The number of hydrogen-bond donors (Lipinski definition) is 1. The molecule has 4 heterocycles. The Morgan fingerprint density at radius 3 is 2.81 bits per heavy atom. The number of aromatic hydroxyl groups is 1. The van der Waals surface area contributed by atoms with Gasteiger partial charge in [-0.15, -0.1) is 0 Å². The third-order valence-electron chi connectivity index (χ3n) is 8.21. The van der Waals surface area contributed by atoms with E-state index in [9.17, 15) is 5.11 Å². The van der Waals surface area contributed by atoms with Crippen LogP contribution in [0.4, 0.5) is 10.2 Å². The monoisotopic (exact) mass is 584 g/mol. The molecule has 8 nitrogen and oxygen atoms in total. The maximum atomic E-state index is 16.8. The van der Waals surface area contributed by atoms with E-state index in [-0.39, 0.29) is 34.0 Å². The molecule has 0 amide bonds. The number of rotatable bonds is 5. The highest BCUT2D eigenvalue weighted by molar-refractivity contribution is 6.35. The molecule has 42 heavy (non-hydrogen) atoms. The number of phenols is 1. The zero-order chi connectivity index (χ0) is 29.0. The van der Waals surface area contributed by atoms with Crippen molar-refractivity contribution in [1.82, 2.24) is 24.4 Å². The van der Waals surface area contributed by atoms with E-state index < -0.39 is 5.82 Å². The minimum atomic E-state index is -0.585. The maximum absolute atomic E-state index is 16.8. The number of likely N-dealkylation sites (N-methyl/N-ethyl adjacent to an activating group) is 1. The zero-order valence-electron chi connectivity index (χ0n) is 23.2. The van der Waals surface area contributed by atoms with E-state index in [0.29, 0.717) is 36.4 Å². The smallest absolute Gasteiger partial charge is 0.319 e. The lowest BCUT2D eigenvalue weighted by molar-refractivity contribution is 0.0959. The third-order valence-corrected chi connectivity index (χ3v) is 8.51. The molecular weight excluding hydrogens is 555 g/mol. The molecule has 0 radical (unpaired) electrons. The van der Waals surface area contributed by atoms with Crippen LogP contribution in [0, 0.1) is 5.82 Å². The van der Waals surface area contributed by atoms with Crippen LogP contribution < -0.4 is 9.64 Å². The molecule has 1 N–H and O–H groups in total. The Morgan fingerprint density at radius 2 is 1.98 bits per heavy atom. The van der Waals surface area contributed by atoms with E-state index in [2.05, 4.69) is 38.0 Å². The fourth-order valence-corrected chi connectivity index (χ4v) is 6.51. The van der Waals surface area contributed by atoms with E-state index in [1.54, 1.807) is 24.3 Å². The first-order valence-corrected chi connectivity index (χ1v) is 14.5. The van der Waals surface area contributed by atoms with Gasteiger partial charge in [-0.3, -0.25) is 0 Å². The highest BCUT2D eigenvalue weighted by Gasteiger charge is 2.28. The number of fused-ring (bicyclic) bond motifs is 3. The summed E-state index contributed by atoms with van der Waals surface area (Å²) in [5.74, 6) is 0.815. The molecule has 1 unspecified atom stereocenters. The summed E-state index contributed by atoms with van der Waals surface area (Å²) in [6.07, 6.45) is 5.35. The van der Waals surface area contributed by atoms with E-state index in [4.69, 9.17) is 21.3 Å². The standard InChI is InChI=1S/C32H30ClFN6O2/c1-3-27-35-16-20-17-39(11-12-40(20)27)31-25-15-26(33)28(24-14-21(41)13-19-7-4-5-9-23(19)24)29(34)30(25)36-32(37-31)42-22-8-6-10-38(2)18-22/h3-5,7,9,13-16,22,41H,1,6,8,10-12,17-18H2,2H3. The number of halogens is 2. The van der Waals surface area contributed by atoms with Gasteiger partial charge in [0.05, 0.1) is 23.5 Å². The highest BCUT2D eigenvalue weighted by atomic mass is 35.5. The molecule has 3 aromatic carbocycles. The van der Waals surface area contributed by atoms with Crippen molar-refractivity contribution in [2.45, 2.75) is 32.0 Å². The van der Waals surface area contributed by atoms with Crippen molar-refractivity contribution in [3.05, 3.63) is 77.6 Å². The SMILES string of the molecule is C=Cc1ncc2n1CCN(c1nc(OC3CCCN(C)C3)nc3c(F)c(-c4cc(O)cc5ccccc45)c(Cl)cc13)C2. The van der Waals surface area contributed by atoms with Gasteiger partial charge in [0.2, 0.25) is 0 Å². The number of phenolic OH excluding ortho intramolecular Hbond substituents is 1. The second-order valence-electron chi connectivity index (χ2n) is 11.0. The van der Waals surface area contributed by atoms with Crippen molar-refractivity contribution in [3.63, 3.8) is 0 Å². The van der Waals surface area contributed by atoms with Crippen LogP contribution in [0.15, 0.2) is 55.2 Å². The molecule has 0 aliphatic carbocycles. The number of aromatic nitrogens is 4. The van der Waals surface area contributed by atoms with Crippen molar-refractivity contribution >= 4 is 45.2 Å². The summed E-state index contributed by atoms with van der Waals surface area (Å²) in [5, 5.41) is 12.7. The fraction of sp³-hybridized carbons (Fsp3) is 0.281. The van der Waals surface area contributed by atoms with Crippen LogP contribution in [-0.2, 0) is 13.1 Å². The summed E-state index contributed by atoms with van der Waals surface area (Å²) in [6.45, 7) is 7.44. The molecule has 0 spiro atoms. The van der Waals surface area contributed by atoms with Gasteiger partial charge in [0.15, 0.2) is 5.82 Å². The van der Waals surface area contributed by atoms with Crippen molar-refractivity contribution < 1.29 is 14.2 Å². The molecule has 5 aromatic rings. The Hall–Kier alpha value is -4.21. The summed E-state index contributed by atoms with van der Waals surface area (Å²) < 4.78 is 25.2. The van der Waals surface area contributed by atoms with Gasteiger partial charge in [-0.1, -0.05) is 42.4 Å². The topological polar surface area (TPSA) is 79.5 Å². The summed E-state index contributed by atoms with van der Waals surface area (Å²) in [5.41, 5.74) is 1.80. The molecule has 1 fully saturated rings. The Labute approximate surface area is 247 Å². The number of likely N-dealkylation sites (tertiary alicyclic amines) is 1. The van der Waals surface area contributed by atoms with Gasteiger partial charge in [0, 0.05) is 30.6 Å². The Morgan fingerprint density at radius 1 is 1.12 bits per heavy atom. The highest BCUT2D eigenvalue weighted by Crippen LogP contribution is 2.43. The van der Waals surface area contributed by atoms with Crippen LogP contribution >= 0.6 is 11.6 Å². The van der Waals surface area contributed by atoms with Crippen molar-refractivity contribution in [2.24, 2.45) is 0 Å². The average molecular weight is 585 g/mol. The summed E-state index contributed by atoms with van der Waals surface area (Å²) >= 11 is 6.86. The zero-order valence-corrected chi connectivity index (χ0v) is 24.0. The lowest BCUT2D eigenvalue weighted by Gasteiger charge is -2.32. The Kier molecular flexibility index (Phi) is 6.71.